The van der Waals surface area contributed by atoms with E-state index in [1.54, 1.807) is 4.68 Å². The molecule has 0 aliphatic carbocycles. The van der Waals surface area contributed by atoms with Gasteiger partial charge in [-0.3, -0.25) is 9.48 Å². The third-order valence-electron chi connectivity index (χ3n) is 2.39. The van der Waals surface area contributed by atoms with Crippen LogP contribution in [0.25, 0.3) is 0 Å². The lowest BCUT2D eigenvalue weighted by Crippen LogP contribution is -2.43. The van der Waals surface area contributed by atoms with Crippen molar-refractivity contribution in [2.75, 3.05) is 6.54 Å². The summed E-state index contributed by atoms with van der Waals surface area (Å²) in [4.78, 5) is 10.8. The summed E-state index contributed by atoms with van der Waals surface area (Å²) in [6.07, 6.45) is 5.08. The number of carbonyl (C=O) groups excluding carboxylic acids is 1. The van der Waals surface area contributed by atoms with Crippen LogP contribution >= 0.6 is 0 Å². The fraction of sp³-hybridized carbons (Fsp3) is 0.636. The molecule has 1 aromatic rings. The van der Waals surface area contributed by atoms with Crippen molar-refractivity contribution in [3.05, 3.63) is 18.0 Å². The van der Waals surface area contributed by atoms with E-state index in [1.165, 1.54) is 5.56 Å². The second-order valence-corrected chi connectivity index (χ2v) is 4.73. The average molecular weight is 224 g/mol. The molecule has 0 aliphatic heterocycles. The molecule has 0 aliphatic rings. The number of nitrogens with zero attached hydrogens (tertiary/aromatic N) is 2. The molecule has 90 valence electrons. The Morgan fingerprint density at radius 2 is 2.31 bits per heavy atom. The van der Waals surface area contributed by atoms with Crippen molar-refractivity contribution in [1.29, 1.82) is 0 Å². The highest BCUT2D eigenvalue weighted by Gasteiger charge is 2.19. The number of amides is 1. The summed E-state index contributed by atoms with van der Waals surface area (Å²) in [5.74, 6) is -0.279. The van der Waals surface area contributed by atoms with Crippen LogP contribution < -0.4 is 11.1 Å². The maximum atomic E-state index is 10.8. The molecule has 0 saturated heterocycles. The minimum absolute atomic E-state index is 0.242. The minimum atomic E-state index is -0.279. The van der Waals surface area contributed by atoms with Gasteiger partial charge in [-0.2, -0.15) is 5.10 Å². The molecule has 1 amide bonds. The van der Waals surface area contributed by atoms with Gasteiger partial charge in [0.15, 0.2) is 0 Å². The Morgan fingerprint density at radius 1 is 1.62 bits per heavy atom. The second kappa shape index (κ2) is 5.12. The highest BCUT2D eigenvalue weighted by atomic mass is 16.1. The molecule has 1 rings (SSSR count). The molecule has 0 fully saturated rings. The standard InChI is InChI=1S/C11H20N4O/c1-11(2,6-10(12)16)13-5-4-9-7-14-15(3)8-9/h7-8,13H,4-6H2,1-3H3,(H2,12,16). The van der Waals surface area contributed by atoms with Crippen molar-refractivity contribution < 1.29 is 4.79 Å². The molecule has 0 unspecified atom stereocenters. The van der Waals surface area contributed by atoms with Gasteiger partial charge in [0.1, 0.15) is 0 Å². The summed E-state index contributed by atoms with van der Waals surface area (Å²) in [6, 6.07) is 0. The van der Waals surface area contributed by atoms with Crippen LogP contribution in [-0.2, 0) is 18.3 Å². The zero-order valence-corrected chi connectivity index (χ0v) is 10.2. The number of carbonyl (C=O) groups is 1. The molecule has 0 spiro atoms. The van der Waals surface area contributed by atoms with E-state index >= 15 is 0 Å². The van der Waals surface area contributed by atoms with Gasteiger partial charge in [-0.1, -0.05) is 0 Å². The van der Waals surface area contributed by atoms with E-state index in [1.807, 2.05) is 33.3 Å². The fourth-order valence-electron chi connectivity index (χ4n) is 1.64. The van der Waals surface area contributed by atoms with E-state index in [0.717, 1.165) is 13.0 Å². The Kier molecular flexibility index (Phi) is 4.06. The highest BCUT2D eigenvalue weighted by molar-refractivity contribution is 5.74. The first kappa shape index (κ1) is 12.7. The molecular weight excluding hydrogens is 204 g/mol. The van der Waals surface area contributed by atoms with Crippen LogP contribution in [0.15, 0.2) is 12.4 Å². The Hall–Kier alpha value is -1.36. The first-order valence-electron chi connectivity index (χ1n) is 5.40. The summed E-state index contributed by atoms with van der Waals surface area (Å²) in [7, 11) is 1.90. The van der Waals surface area contributed by atoms with Crippen LogP contribution in [0.2, 0.25) is 0 Å². The van der Waals surface area contributed by atoms with Crippen molar-refractivity contribution in [1.82, 2.24) is 15.1 Å². The molecule has 1 aromatic heterocycles. The Balaban J connectivity index is 2.32. The molecule has 0 bridgehead atoms. The number of hydrogen-bond acceptors (Lipinski definition) is 3. The molecule has 16 heavy (non-hydrogen) atoms. The summed E-state index contributed by atoms with van der Waals surface area (Å²) in [5, 5.41) is 7.41. The molecule has 0 atom stereocenters. The van der Waals surface area contributed by atoms with Gasteiger partial charge in [0.05, 0.1) is 6.20 Å². The van der Waals surface area contributed by atoms with Gasteiger partial charge < -0.3 is 11.1 Å². The molecule has 0 saturated carbocycles. The van der Waals surface area contributed by atoms with Crippen molar-refractivity contribution in [3.63, 3.8) is 0 Å². The van der Waals surface area contributed by atoms with E-state index in [-0.39, 0.29) is 11.4 Å². The third-order valence-corrected chi connectivity index (χ3v) is 2.39. The van der Waals surface area contributed by atoms with E-state index in [2.05, 4.69) is 10.4 Å². The number of nitrogens with one attached hydrogen (secondary N) is 1. The molecule has 0 aromatic carbocycles. The number of rotatable bonds is 6. The van der Waals surface area contributed by atoms with Crippen LogP contribution in [0.4, 0.5) is 0 Å². The number of aryl methyl sites for hydroxylation is 1. The lowest BCUT2D eigenvalue weighted by molar-refractivity contribution is -0.119. The van der Waals surface area contributed by atoms with Crippen LogP contribution in [0.3, 0.4) is 0 Å². The number of hydrogen-bond donors (Lipinski definition) is 2. The molecule has 5 heteroatoms. The van der Waals surface area contributed by atoms with Gasteiger partial charge in [0, 0.05) is 25.2 Å². The maximum Gasteiger partial charge on any atom is 0.219 e. The smallest absolute Gasteiger partial charge is 0.219 e. The predicted octanol–water partition coefficient (Wildman–Crippen LogP) is 0.206. The second-order valence-electron chi connectivity index (χ2n) is 4.73. The SMILES string of the molecule is Cn1cc(CCNC(C)(C)CC(N)=O)cn1. The van der Waals surface area contributed by atoms with Crippen LogP contribution in [0.5, 0.6) is 0 Å². The Morgan fingerprint density at radius 3 is 2.81 bits per heavy atom. The van der Waals surface area contributed by atoms with Crippen molar-refractivity contribution >= 4 is 5.91 Å². The number of primary amides is 1. The molecule has 1 heterocycles. The van der Waals surface area contributed by atoms with Gasteiger partial charge in [-0.15, -0.1) is 0 Å². The highest BCUT2D eigenvalue weighted by Crippen LogP contribution is 2.07. The maximum absolute atomic E-state index is 10.8. The first-order valence-corrected chi connectivity index (χ1v) is 5.40. The van der Waals surface area contributed by atoms with Crippen LogP contribution in [0.1, 0.15) is 25.8 Å². The van der Waals surface area contributed by atoms with Gasteiger partial charge in [0.25, 0.3) is 0 Å². The van der Waals surface area contributed by atoms with Gasteiger partial charge in [-0.25, -0.2) is 0 Å². The van der Waals surface area contributed by atoms with Gasteiger partial charge in [-0.05, 0) is 32.4 Å². The largest absolute Gasteiger partial charge is 0.370 e. The summed E-state index contributed by atoms with van der Waals surface area (Å²) in [6.45, 7) is 4.76. The quantitative estimate of drug-likeness (QED) is 0.725. The van der Waals surface area contributed by atoms with Crippen molar-refractivity contribution in [3.8, 4) is 0 Å². The fourth-order valence-corrected chi connectivity index (χ4v) is 1.64. The molecule has 0 radical (unpaired) electrons. The van der Waals surface area contributed by atoms with Crippen LogP contribution in [0, 0.1) is 0 Å². The number of nitrogens with two attached hydrogens (primary N) is 1. The van der Waals surface area contributed by atoms with E-state index in [0.29, 0.717) is 6.42 Å². The lowest BCUT2D eigenvalue weighted by Gasteiger charge is -2.24. The van der Waals surface area contributed by atoms with Crippen LogP contribution in [-0.4, -0.2) is 27.8 Å². The molecule has 5 nitrogen and oxygen atoms in total. The predicted molar refractivity (Wildman–Crippen MR) is 62.8 cm³/mol. The van der Waals surface area contributed by atoms with Gasteiger partial charge in [0.2, 0.25) is 5.91 Å². The Labute approximate surface area is 96.0 Å². The van der Waals surface area contributed by atoms with Crippen molar-refractivity contribution in [2.45, 2.75) is 32.2 Å². The van der Waals surface area contributed by atoms with Gasteiger partial charge >= 0.3 is 0 Å². The first-order chi connectivity index (χ1) is 7.39. The number of aromatic nitrogens is 2. The summed E-state index contributed by atoms with van der Waals surface area (Å²) < 4.78 is 1.78. The lowest BCUT2D eigenvalue weighted by atomic mass is 10.00. The Bertz CT molecular complexity index is 357. The normalized spacial score (nSPS) is 11.7. The zero-order chi connectivity index (χ0) is 12.2. The third kappa shape index (κ3) is 4.44. The summed E-state index contributed by atoms with van der Waals surface area (Å²) >= 11 is 0. The minimum Gasteiger partial charge on any atom is -0.370 e. The zero-order valence-electron chi connectivity index (χ0n) is 10.2. The summed E-state index contributed by atoms with van der Waals surface area (Å²) in [5.41, 5.74) is 6.12. The van der Waals surface area contributed by atoms with E-state index in [9.17, 15) is 4.79 Å². The topological polar surface area (TPSA) is 72.9 Å². The average Bonchev–Trinajstić information content (AvgIpc) is 2.48. The van der Waals surface area contributed by atoms with E-state index < -0.39 is 0 Å². The molecular formula is C11H20N4O. The van der Waals surface area contributed by atoms with E-state index in [4.69, 9.17) is 5.73 Å². The van der Waals surface area contributed by atoms with Crippen molar-refractivity contribution in [2.24, 2.45) is 12.8 Å². The monoisotopic (exact) mass is 224 g/mol. The molecule has 3 N–H and O–H groups in total.